The van der Waals surface area contributed by atoms with Gasteiger partial charge in [0.1, 0.15) is 5.82 Å². The molecule has 0 amide bonds. The number of halogens is 1. The van der Waals surface area contributed by atoms with E-state index in [9.17, 15) is 4.39 Å². The van der Waals surface area contributed by atoms with Crippen LogP contribution in [0.1, 0.15) is 38.7 Å². The van der Waals surface area contributed by atoms with Gasteiger partial charge < -0.3 is 5.32 Å². The van der Waals surface area contributed by atoms with Crippen LogP contribution in [-0.4, -0.2) is 36.6 Å². The lowest BCUT2D eigenvalue weighted by molar-refractivity contribution is 0.0873. The van der Waals surface area contributed by atoms with E-state index in [0.29, 0.717) is 6.04 Å². The molecule has 1 saturated heterocycles. The minimum atomic E-state index is -0.142. The molecule has 0 radical (unpaired) electrons. The summed E-state index contributed by atoms with van der Waals surface area (Å²) in [4.78, 5) is 2.60. The summed E-state index contributed by atoms with van der Waals surface area (Å²) in [5.74, 6) is -0.142. The van der Waals surface area contributed by atoms with Crippen LogP contribution in [0.25, 0.3) is 0 Å². The van der Waals surface area contributed by atoms with Gasteiger partial charge in [-0.1, -0.05) is 19.1 Å². The van der Waals surface area contributed by atoms with Gasteiger partial charge in [0.15, 0.2) is 0 Å². The lowest BCUT2D eigenvalue weighted by Gasteiger charge is -2.44. The van der Waals surface area contributed by atoms with Crippen molar-refractivity contribution in [1.82, 2.24) is 10.2 Å². The number of nitrogens with zero attached hydrogens (tertiary/aromatic N) is 1. The number of nitrogens with one attached hydrogen (secondary N) is 1. The fourth-order valence-electron chi connectivity index (χ4n) is 3.45. The third kappa shape index (κ3) is 3.21. The van der Waals surface area contributed by atoms with Gasteiger partial charge in [0, 0.05) is 11.6 Å². The number of likely N-dealkylation sites (tertiary alicyclic amines) is 1. The minimum absolute atomic E-state index is 0.136. The molecule has 2 atom stereocenters. The van der Waals surface area contributed by atoms with Crippen molar-refractivity contribution in [2.45, 2.75) is 51.1 Å². The minimum Gasteiger partial charge on any atom is -0.315 e. The summed E-state index contributed by atoms with van der Waals surface area (Å²) in [6, 6.07) is 7.33. The summed E-state index contributed by atoms with van der Waals surface area (Å²) in [6.07, 6.45) is 4.57. The van der Waals surface area contributed by atoms with E-state index < -0.39 is 0 Å². The molecule has 3 heteroatoms. The van der Waals surface area contributed by atoms with Crippen molar-refractivity contribution in [3.8, 4) is 0 Å². The predicted octanol–water partition coefficient (Wildman–Crippen LogP) is 3.22. The summed E-state index contributed by atoms with van der Waals surface area (Å²) < 4.78 is 13.4. The Balaban J connectivity index is 2.16. The quantitative estimate of drug-likeness (QED) is 0.859. The first-order valence-corrected chi connectivity index (χ1v) is 7.77. The average Bonchev–Trinajstić information content (AvgIpc) is 2.98. The summed E-state index contributed by atoms with van der Waals surface area (Å²) in [5, 5.41) is 3.47. The zero-order valence-corrected chi connectivity index (χ0v) is 13.0. The largest absolute Gasteiger partial charge is 0.315 e. The topological polar surface area (TPSA) is 15.3 Å². The highest BCUT2D eigenvalue weighted by Gasteiger charge is 2.38. The second-order valence-electron chi connectivity index (χ2n) is 6.08. The average molecular weight is 278 g/mol. The molecule has 0 spiro atoms. The van der Waals surface area contributed by atoms with E-state index in [0.717, 1.165) is 18.4 Å². The Morgan fingerprint density at radius 2 is 2.05 bits per heavy atom. The SMILES string of the molecule is CCC(C)(C(Cc1cccc(F)c1)NC)N1CCCC1. The van der Waals surface area contributed by atoms with Crippen LogP contribution in [0.4, 0.5) is 4.39 Å². The van der Waals surface area contributed by atoms with E-state index in [-0.39, 0.29) is 11.4 Å². The molecule has 2 rings (SSSR count). The van der Waals surface area contributed by atoms with Crippen LogP contribution in [0.5, 0.6) is 0 Å². The third-order valence-corrected chi connectivity index (χ3v) is 4.97. The smallest absolute Gasteiger partial charge is 0.123 e. The van der Waals surface area contributed by atoms with Gasteiger partial charge in [-0.3, -0.25) is 4.90 Å². The molecule has 1 heterocycles. The number of hydrogen-bond acceptors (Lipinski definition) is 2. The Kier molecular flexibility index (Phi) is 5.17. The molecular formula is C17H27FN2. The van der Waals surface area contributed by atoms with E-state index in [4.69, 9.17) is 0 Å². The second kappa shape index (κ2) is 6.68. The van der Waals surface area contributed by atoms with Crippen molar-refractivity contribution in [3.63, 3.8) is 0 Å². The molecule has 112 valence electrons. The van der Waals surface area contributed by atoms with Crippen LogP contribution in [0.15, 0.2) is 24.3 Å². The number of hydrogen-bond donors (Lipinski definition) is 1. The van der Waals surface area contributed by atoms with Crippen LogP contribution < -0.4 is 5.32 Å². The van der Waals surface area contributed by atoms with Crippen molar-refractivity contribution in [2.75, 3.05) is 20.1 Å². The monoisotopic (exact) mass is 278 g/mol. The molecule has 1 aliphatic heterocycles. The molecule has 1 fully saturated rings. The van der Waals surface area contributed by atoms with Gasteiger partial charge in [-0.25, -0.2) is 4.39 Å². The van der Waals surface area contributed by atoms with Gasteiger partial charge >= 0.3 is 0 Å². The van der Waals surface area contributed by atoms with Crippen molar-refractivity contribution in [2.24, 2.45) is 0 Å². The Morgan fingerprint density at radius 1 is 1.35 bits per heavy atom. The van der Waals surface area contributed by atoms with Crippen molar-refractivity contribution < 1.29 is 4.39 Å². The van der Waals surface area contributed by atoms with Crippen molar-refractivity contribution in [1.29, 1.82) is 0 Å². The first kappa shape index (κ1) is 15.5. The normalized spacial score (nSPS) is 20.8. The molecule has 2 unspecified atom stereocenters. The molecule has 1 aromatic carbocycles. The van der Waals surface area contributed by atoms with E-state index in [1.165, 1.54) is 32.0 Å². The standard InChI is InChI=1S/C17H27FN2/c1-4-17(2,20-10-5-6-11-20)16(19-3)13-14-8-7-9-15(18)12-14/h7-9,12,16,19H,4-6,10-11,13H2,1-3H3. The van der Waals surface area contributed by atoms with Crippen LogP contribution >= 0.6 is 0 Å². The summed E-state index contributed by atoms with van der Waals surface area (Å²) in [6.45, 7) is 6.98. The second-order valence-corrected chi connectivity index (χ2v) is 6.08. The van der Waals surface area contributed by atoms with Gasteiger partial charge in [0.05, 0.1) is 0 Å². The number of likely N-dealkylation sites (N-methyl/N-ethyl adjacent to an activating group) is 1. The maximum Gasteiger partial charge on any atom is 0.123 e. The zero-order valence-electron chi connectivity index (χ0n) is 13.0. The van der Waals surface area contributed by atoms with Gasteiger partial charge in [-0.15, -0.1) is 0 Å². The molecule has 1 N–H and O–H groups in total. The highest BCUT2D eigenvalue weighted by atomic mass is 19.1. The van der Waals surface area contributed by atoms with E-state index in [1.807, 2.05) is 13.1 Å². The van der Waals surface area contributed by atoms with Crippen LogP contribution in [0, 0.1) is 5.82 Å². The van der Waals surface area contributed by atoms with Gasteiger partial charge in [0.2, 0.25) is 0 Å². The first-order valence-electron chi connectivity index (χ1n) is 7.77. The van der Waals surface area contributed by atoms with Gasteiger partial charge in [-0.05, 0) is 70.4 Å². The highest BCUT2D eigenvalue weighted by Crippen LogP contribution is 2.29. The summed E-state index contributed by atoms with van der Waals surface area (Å²) in [7, 11) is 2.02. The molecule has 0 aliphatic carbocycles. The fraction of sp³-hybridized carbons (Fsp3) is 0.647. The molecule has 1 aliphatic rings. The van der Waals surface area contributed by atoms with Crippen LogP contribution in [-0.2, 0) is 6.42 Å². The number of benzene rings is 1. The Hall–Kier alpha value is -0.930. The molecular weight excluding hydrogens is 251 g/mol. The highest BCUT2D eigenvalue weighted by molar-refractivity contribution is 5.19. The molecule has 0 saturated carbocycles. The third-order valence-electron chi connectivity index (χ3n) is 4.97. The molecule has 20 heavy (non-hydrogen) atoms. The fourth-order valence-corrected chi connectivity index (χ4v) is 3.45. The maximum atomic E-state index is 13.4. The molecule has 2 nitrogen and oxygen atoms in total. The Bertz CT molecular complexity index is 429. The summed E-state index contributed by atoms with van der Waals surface area (Å²) in [5.41, 5.74) is 1.21. The Morgan fingerprint density at radius 3 is 2.60 bits per heavy atom. The van der Waals surface area contributed by atoms with E-state index in [1.54, 1.807) is 12.1 Å². The maximum absolute atomic E-state index is 13.4. The van der Waals surface area contributed by atoms with Crippen LogP contribution in [0.3, 0.4) is 0 Å². The molecule has 0 aromatic heterocycles. The van der Waals surface area contributed by atoms with Gasteiger partial charge in [0.25, 0.3) is 0 Å². The zero-order chi connectivity index (χ0) is 14.6. The van der Waals surface area contributed by atoms with Crippen molar-refractivity contribution >= 4 is 0 Å². The van der Waals surface area contributed by atoms with Crippen molar-refractivity contribution in [3.05, 3.63) is 35.6 Å². The lowest BCUT2D eigenvalue weighted by atomic mass is 9.83. The Labute approximate surface area is 122 Å². The first-order chi connectivity index (χ1) is 9.60. The van der Waals surface area contributed by atoms with E-state index >= 15 is 0 Å². The summed E-state index contributed by atoms with van der Waals surface area (Å²) >= 11 is 0. The van der Waals surface area contributed by atoms with Gasteiger partial charge in [-0.2, -0.15) is 0 Å². The van der Waals surface area contributed by atoms with Crippen LogP contribution in [0.2, 0.25) is 0 Å². The van der Waals surface area contributed by atoms with E-state index in [2.05, 4.69) is 24.1 Å². The predicted molar refractivity (Wildman–Crippen MR) is 82.5 cm³/mol. The lowest BCUT2D eigenvalue weighted by Crippen LogP contribution is -2.58. The molecule has 0 bridgehead atoms. The molecule has 1 aromatic rings. The number of rotatable bonds is 6.